The van der Waals surface area contributed by atoms with Gasteiger partial charge in [0.15, 0.2) is 19.7 Å². The Morgan fingerprint density at radius 3 is 1.36 bits per heavy atom. The Bertz CT molecular complexity index is 1180. The third-order valence-corrected chi connectivity index (χ3v) is 13.8. The molecule has 0 aromatic rings. The molecule has 47 heavy (non-hydrogen) atoms. The number of sulfone groups is 3. The summed E-state index contributed by atoms with van der Waals surface area (Å²) in [6, 6.07) is 0. The van der Waals surface area contributed by atoms with Gasteiger partial charge in [0.1, 0.15) is 15.6 Å². The highest BCUT2D eigenvalue weighted by Crippen LogP contribution is 2.04. The average molecular weight is 732 g/mol. The summed E-state index contributed by atoms with van der Waals surface area (Å²) in [5.41, 5.74) is 5.18. The van der Waals surface area contributed by atoms with Gasteiger partial charge < -0.3 is 30.2 Å². The van der Waals surface area contributed by atoms with Gasteiger partial charge in [-0.3, -0.25) is 9.69 Å². The van der Waals surface area contributed by atoms with Crippen molar-refractivity contribution in [2.24, 2.45) is 5.73 Å². The summed E-state index contributed by atoms with van der Waals surface area (Å²) >= 11 is 0. The van der Waals surface area contributed by atoms with Gasteiger partial charge in [0.25, 0.3) is 0 Å². The second-order valence-corrected chi connectivity index (χ2v) is 19.8. The summed E-state index contributed by atoms with van der Waals surface area (Å²) in [4.78, 5) is 24.6. The minimum absolute atomic E-state index is 0.0678. The first-order valence-corrected chi connectivity index (χ1v) is 22.6. The first kappa shape index (κ1) is 44.1. The molecule has 0 aromatic heterocycles. The van der Waals surface area contributed by atoms with E-state index in [1.165, 1.54) is 0 Å². The number of likely N-dealkylation sites (N-methyl/N-ethyl adjacent to an activating group) is 3. The number of nitrogens with two attached hydrogens (primary N) is 1. The van der Waals surface area contributed by atoms with E-state index in [1.807, 2.05) is 20.9 Å². The van der Waals surface area contributed by atoms with E-state index in [9.17, 15) is 30.0 Å². The number of carbonyl (C=O) groups excluding carboxylic acids is 1. The number of piperazine rings is 3. The zero-order chi connectivity index (χ0) is 35.5. The van der Waals surface area contributed by atoms with Crippen LogP contribution in [-0.4, -0.2) is 214 Å². The molecule has 3 rings (SSSR count). The first-order chi connectivity index (χ1) is 22.0. The van der Waals surface area contributed by atoms with E-state index in [1.54, 1.807) is 4.90 Å². The number of rotatable bonds is 15. The molecule has 3 saturated heterocycles. The van der Waals surface area contributed by atoms with Gasteiger partial charge in [-0.15, -0.1) is 0 Å². The fourth-order valence-corrected chi connectivity index (χ4v) is 9.15. The summed E-state index contributed by atoms with van der Waals surface area (Å²) in [6.45, 7) is 16.8. The second-order valence-electron chi connectivity index (χ2n) is 13.0. The Morgan fingerprint density at radius 2 is 0.936 bits per heavy atom. The highest BCUT2D eigenvalue weighted by atomic mass is 32.2. The molecular formula is C30H65N7O7S3. The van der Waals surface area contributed by atoms with E-state index in [2.05, 4.69) is 38.6 Å². The molecule has 0 aliphatic carbocycles. The highest BCUT2D eigenvalue weighted by molar-refractivity contribution is 7.92. The number of amides is 1. The maximum Gasteiger partial charge on any atom is 0.237 e. The van der Waals surface area contributed by atoms with Gasteiger partial charge in [0.05, 0.1) is 17.3 Å². The minimum Gasteiger partial charge on any atom is -0.339 e. The molecule has 17 heteroatoms. The number of hydrogen-bond donors (Lipinski definition) is 1. The van der Waals surface area contributed by atoms with Gasteiger partial charge in [0.2, 0.25) is 5.91 Å². The van der Waals surface area contributed by atoms with Crippen LogP contribution in [0.1, 0.15) is 33.1 Å². The van der Waals surface area contributed by atoms with Gasteiger partial charge in [-0.25, -0.2) is 25.3 Å². The van der Waals surface area contributed by atoms with E-state index in [0.717, 1.165) is 91.3 Å². The van der Waals surface area contributed by atoms with Gasteiger partial charge in [-0.1, -0.05) is 13.8 Å². The smallest absolute Gasteiger partial charge is 0.237 e. The van der Waals surface area contributed by atoms with Crippen LogP contribution >= 0.6 is 0 Å². The molecule has 0 spiro atoms. The monoisotopic (exact) mass is 731 g/mol. The predicted molar refractivity (Wildman–Crippen MR) is 192 cm³/mol. The molecule has 0 unspecified atom stereocenters. The molecule has 1 amide bonds. The topological polar surface area (TPSA) is 165 Å². The Labute approximate surface area is 286 Å². The zero-order valence-corrected chi connectivity index (χ0v) is 32.3. The van der Waals surface area contributed by atoms with Crippen molar-refractivity contribution in [1.82, 2.24) is 29.4 Å². The lowest BCUT2D eigenvalue weighted by Gasteiger charge is -2.32. The Hall–Kier alpha value is -0.920. The third-order valence-electron chi connectivity index (χ3n) is 8.50. The van der Waals surface area contributed by atoms with E-state index >= 15 is 0 Å². The van der Waals surface area contributed by atoms with Crippen molar-refractivity contribution in [1.29, 1.82) is 0 Å². The van der Waals surface area contributed by atoms with Gasteiger partial charge in [-0.2, -0.15) is 0 Å². The van der Waals surface area contributed by atoms with Crippen LogP contribution in [0.4, 0.5) is 0 Å². The molecule has 0 saturated carbocycles. The summed E-state index contributed by atoms with van der Waals surface area (Å²) < 4.78 is 68.8. The lowest BCUT2D eigenvalue weighted by Crippen LogP contribution is -2.49. The van der Waals surface area contributed by atoms with Gasteiger partial charge in [0, 0.05) is 103 Å². The molecule has 2 N–H and O–H groups in total. The molecule has 3 aliphatic rings. The minimum atomic E-state index is -3.32. The fraction of sp³-hybridized carbons (Fsp3) is 0.967. The predicted octanol–water partition coefficient (Wildman–Crippen LogP) is -1.36. The average Bonchev–Trinajstić information content (AvgIpc) is 2.98. The molecular weight excluding hydrogens is 667 g/mol. The molecule has 3 aliphatic heterocycles. The summed E-state index contributed by atoms with van der Waals surface area (Å²) in [7, 11) is -2.69. The van der Waals surface area contributed by atoms with Crippen LogP contribution < -0.4 is 5.73 Å². The fourth-order valence-electron chi connectivity index (χ4n) is 5.33. The normalized spacial score (nSPS) is 19.8. The maximum absolute atomic E-state index is 11.7. The van der Waals surface area contributed by atoms with E-state index < -0.39 is 35.3 Å². The molecule has 3 fully saturated rings. The standard InChI is InChI=1S/C11H24N2O2S.C10H22N2O2S.C9H19N3O3S/c1-3-10-16(14,15)11-4-5-13-8-6-12(2)7-9-13;1-3-9-15(13,14)10-8-12-6-4-11(2)5-7-12;1-11-3-5-12(6-4-11)9(13)8-16(14,15)7-2-10/h3-11H2,1-2H3;3-10H2,1-2H3;2-8,10H2,1H3. The van der Waals surface area contributed by atoms with Gasteiger partial charge >= 0.3 is 0 Å². The molecule has 280 valence electrons. The van der Waals surface area contributed by atoms with Crippen LogP contribution in [-0.2, 0) is 34.3 Å². The molecule has 3 heterocycles. The van der Waals surface area contributed by atoms with Gasteiger partial charge in [-0.05, 0) is 47.0 Å². The van der Waals surface area contributed by atoms with Crippen LogP contribution in [0.2, 0.25) is 0 Å². The van der Waals surface area contributed by atoms with Crippen LogP contribution in [0.3, 0.4) is 0 Å². The van der Waals surface area contributed by atoms with Crippen molar-refractivity contribution >= 4 is 35.4 Å². The van der Waals surface area contributed by atoms with Crippen molar-refractivity contribution < 1.29 is 30.0 Å². The summed E-state index contributed by atoms with van der Waals surface area (Å²) in [5.74, 6) is 0.524. The molecule has 0 radical (unpaired) electrons. The van der Waals surface area contributed by atoms with Crippen molar-refractivity contribution in [2.75, 3.05) is 154 Å². The maximum atomic E-state index is 11.7. The molecule has 14 nitrogen and oxygen atoms in total. The number of nitrogens with zero attached hydrogens (tertiary/aromatic N) is 6. The van der Waals surface area contributed by atoms with Crippen LogP contribution in [0, 0.1) is 0 Å². The first-order valence-electron chi connectivity index (χ1n) is 17.1. The Kier molecular flexibility index (Phi) is 21.3. The van der Waals surface area contributed by atoms with Crippen LogP contribution in [0.25, 0.3) is 0 Å². The van der Waals surface area contributed by atoms with Crippen molar-refractivity contribution in [3.8, 4) is 0 Å². The highest BCUT2D eigenvalue weighted by Gasteiger charge is 2.24. The quantitative estimate of drug-likeness (QED) is 0.210. The van der Waals surface area contributed by atoms with Crippen molar-refractivity contribution in [3.63, 3.8) is 0 Å². The lowest BCUT2D eigenvalue weighted by atomic mass is 10.3. The van der Waals surface area contributed by atoms with E-state index in [4.69, 9.17) is 5.73 Å². The zero-order valence-electron chi connectivity index (χ0n) is 29.8. The Balaban J connectivity index is 0.000000353. The van der Waals surface area contributed by atoms with Crippen LogP contribution in [0.5, 0.6) is 0 Å². The van der Waals surface area contributed by atoms with E-state index in [0.29, 0.717) is 42.6 Å². The Morgan fingerprint density at radius 1 is 0.532 bits per heavy atom. The number of hydrogen-bond acceptors (Lipinski definition) is 13. The van der Waals surface area contributed by atoms with Crippen molar-refractivity contribution in [3.05, 3.63) is 0 Å². The molecule has 0 aromatic carbocycles. The van der Waals surface area contributed by atoms with Crippen molar-refractivity contribution in [2.45, 2.75) is 33.1 Å². The van der Waals surface area contributed by atoms with E-state index in [-0.39, 0.29) is 18.2 Å². The second kappa shape index (κ2) is 22.7. The SMILES string of the molecule is CCCS(=O)(=O)CCCN1CCN(C)CC1.CCCS(=O)(=O)CCN1CCN(C)CC1.CN1CCN(C(=O)CS(=O)(=O)CCN)CC1. The summed E-state index contributed by atoms with van der Waals surface area (Å²) in [5, 5.41) is 0. The largest absolute Gasteiger partial charge is 0.339 e. The summed E-state index contributed by atoms with van der Waals surface area (Å²) in [6.07, 6.45) is 2.24. The van der Waals surface area contributed by atoms with Crippen LogP contribution in [0.15, 0.2) is 0 Å². The molecule has 0 bridgehead atoms. The lowest BCUT2D eigenvalue weighted by molar-refractivity contribution is -0.129. The third kappa shape index (κ3) is 21.0. The number of carbonyl (C=O) groups is 1. The molecule has 0 atom stereocenters.